The number of morpholine rings is 1. The van der Waals surface area contributed by atoms with Gasteiger partial charge in [0, 0.05) is 44.1 Å². The zero-order chi connectivity index (χ0) is 31.6. The van der Waals surface area contributed by atoms with Gasteiger partial charge in [0.05, 0.1) is 28.4 Å². The minimum Gasteiger partial charge on any atom is -0.379 e. The Morgan fingerprint density at radius 3 is 2.48 bits per heavy atom. The maximum absolute atomic E-state index is 13.8. The molecule has 1 aliphatic rings. The number of primary amides is 1. The molecule has 4 rings (SSSR count). The van der Waals surface area contributed by atoms with Crippen LogP contribution in [-0.4, -0.2) is 72.5 Å². The molecule has 44 heavy (non-hydrogen) atoms. The van der Waals surface area contributed by atoms with E-state index in [9.17, 15) is 18.8 Å². The zero-order valence-corrected chi connectivity index (χ0v) is 26.4. The van der Waals surface area contributed by atoms with E-state index in [1.165, 1.54) is 29.0 Å². The lowest BCUT2D eigenvalue weighted by molar-refractivity contribution is -0.129. The molecule has 2 atom stereocenters. The fraction of sp³-hybridized carbons (Fsp3) is 0.455. The molecule has 3 amide bonds. The van der Waals surface area contributed by atoms with Gasteiger partial charge >= 0.3 is 0 Å². The smallest absolute Gasteiger partial charge is 0.245 e. The number of hydrogen-bond donors (Lipinski definition) is 3. The summed E-state index contributed by atoms with van der Waals surface area (Å²) in [6.45, 7) is 8.97. The summed E-state index contributed by atoms with van der Waals surface area (Å²) in [5.41, 5.74) is 9.07. The van der Waals surface area contributed by atoms with Crippen molar-refractivity contribution in [3.05, 3.63) is 76.1 Å². The van der Waals surface area contributed by atoms with E-state index in [1.807, 2.05) is 6.07 Å². The first-order chi connectivity index (χ1) is 21.1. The Kier molecular flexibility index (Phi) is 12.0. The third kappa shape index (κ3) is 9.67. The second-order valence-corrected chi connectivity index (χ2v) is 12.5. The molecule has 1 fully saturated rings. The summed E-state index contributed by atoms with van der Waals surface area (Å²) in [6.07, 6.45) is 2.94. The van der Waals surface area contributed by atoms with Crippen molar-refractivity contribution in [2.75, 3.05) is 32.8 Å². The number of nitrogens with zero attached hydrogens (tertiary/aromatic N) is 2. The number of nitrogens with one attached hydrogen (secondary N) is 2. The zero-order valence-electron chi connectivity index (χ0n) is 25.6. The van der Waals surface area contributed by atoms with Gasteiger partial charge in [-0.1, -0.05) is 45.0 Å². The molecule has 1 saturated heterocycles. The van der Waals surface area contributed by atoms with Crippen molar-refractivity contribution in [2.45, 2.75) is 64.5 Å². The van der Waals surface area contributed by atoms with Crippen LogP contribution in [0, 0.1) is 5.82 Å². The molecule has 9 nitrogen and oxygen atoms in total. The van der Waals surface area contributed by atoms with Gasteiger partial charge in [-0.25, -0.2) is 9.37 Å². The predicted octanol–water partition coefficient (Wildman–Crippen LogP) is 3.86. The molecule has 1 aliphatic heterocycles. The number of carbonyl (C=O) groups excluding carboxylic acids is 3. The molecule has 4 N–H and O–H groups in total. The molecule has 2 heterocycles. The largest absolute Gasteiger partial charge is 0.379 e. The Balaban J connectivity index is 1.55. The van der Waals surface area contributed by atoms with Gasteiger partial charge in [-0.2, -0.15) is 0 Å². The quantitative estimate of drug-likeness (QED) is 0.234. The molecule has 0 unspecified atom stereocenters. The number of rotatable bonds is 14. The second-order valence-electron chi connectivity index (χ2n) is 11.4. The number of carbonyl (C=O) groups is 3. The number of nitrogens with two attached hydrogens (primary N) is 1. The summed E-state index contributed by atoms with van der Waals surface area (Å²) in [7, 11) is 0. The molecule has 3 aromatic rings. The fourth-order valence-electron chi connectivity index (χ4n) is 5.04. The van der Waals surface area contributed by atoms with E-state index in [2.05, 4.69) is 41.5 Å². The third-order valence-electron chi connectivity index (χ3n) is 7.68. The van der Waals surface area contributed by atoms with Crippen LogP contribution in [0.15, 0.2) is 54.1 Å². The van der Waals surface area contributed by atoms with Crippen molar-refractivity contribution < 1.29 is 23.5 Å². The number of halogens is 1. The predicted molar refractivity (Wildman–Crippen MR) is 171 cm³/mol. The van der Waals surface area contributed by atoms with Crippen LogP contribution in [-0.2, 0) is 32.0 Å². The highest BCUT2D eigenvalue weighted by Crippen LogP contribution is 2.27. The van der Waals surface area contributed by atoms with Gasteiger partial charge in [0.2, 0.25) is 17.7 Å². The molecule has 11 heteroatoms. The van der Waals surface area contributed by atoms with E-state index in [-0.39, 0.29) is 30.5 Å². The van der Waals surface area contributed by atoms with Crippen LogP contribution in [0.5, 0.6) is 0 Å². The van der Waals surface area contributed by atoms with Crippen LogP contribution in [0.4, 0.5) is 4.39 Å². The summed E-state index contributed by atoms with van der Waals surface area (Å²) in [4.78, 5) is 45.4. The van der Waals surface area contributed by atoms with Gasteiger partial charge in [0.25, 0.3) is 0 Å². The second kappa shape index (κ2) is 15.9. The lowest BCUT2D eigenvalue weighted by atomic mass is 10.0. The Labute approximate surface area is 262 Å². The molecule has 0 bridgehead atoms. The number of fused-ring (bicyclic) bond motifs is 1. The average Bonchev–Trinajstić information content (AvgIpc) is 3.41. The molecule has 1 aromatic heterocycles. The minimum atomic E-state index is -0.851. The van der Waals surface area contributed by atoms with E-state index >= 15 is 0 Å². The number of benzene rings is 2. The first-order valence-electron chi connectivity index (χ1n) is 15.1. The number of amides is 3. The molecule has 0 aliphatic carbocycles. The highest BCUT2D eigenvalue weighted by Gasteiger charge is 2.25. The van der Waals surface area contributed by atoms with Crippen LogP contribution < -0.4 is 16.4 Å². The molecular formula is C33H42FN5O4S. The highest BCUT2D eigenvalue weighted by atomic mass is 32.1. The Morgan fingerprint density at radius 2 is 1.82 bits per heavy atom. The van der Waals surface area contributed by atoms with Crippen molar-refractivity contribution in [2.24, 2.45) is 5.73 Å². The number of ether oxygens (including phenoxy) is 1. The van der Waals surface area contributed by atoms with Crippen molar-refractivity contribution in [1.82, 2.24) is 20.5 Å². The molecule has 0 saturated carbocycles. The summed E-state index contributed by atoms with van der Waals surface area (Å²) in [5.74, 6) is -1.10. The Bertz CT molecular complexity index is 1470. The highest BCUT2D eigenvalue weighted by molar-refractivity contribution is 7.18. The van der Waals surface area contributed by atoms with Gasteiger partial charge in [-0.05, 0) is 54.2 Å². The van der Waals surface area contributed by atoms with Crippen LogP contribution in [0.25, 0.3) is 10.2 Å². The minimum absolute atomic E-state index is 0.229. The number of aromatic nitrogens is 1. The molecule has 236 valence electrons. The van der Waals surface area contributed by atoms with E-state index in [0.29, 0.717) is 57.2 Å². The third-order valence-corrected chi connectivity index (χ3v) is 8.72. The number of hydrogen-bond acceptors (Lipinski definition) is 7. The van der Waals surface area contributed by atoms with Gasteiger partial charge in [-0.3, -0.25) is 19.3 Å². The van der Waals surface area contributed by atoms with Crippen LogP contribution in [0.3, 0.4) is 0 Å². The maximum atomic E-state index is 13.8. The fourth-order valence-corrected chi connectivity index (χ4v) is 6.10. The van der Waals surface area contributed by atoms with Gasteiger partial charge < -0.3 is 21.1 Å². The van der Waals surface area contributed by atoms with Crippen molar-refractivity contribution >= 4 is 39.3 Å². The Morgan fingerprint density at radius 1 is 1.09 bits per heavy atom. The van der Waals surface area contributed by atoms with Gasteiger partial charge in [0.1, 0.15) is 11.9 Å². The standard InChI is InChI=1S/C33H42FN5O4S/c1-4-30(40)37-28(19-31-38-27-12-8-23(21(2)3)18-29(27)44-31)33(42)36-26(17-22-5-9-25(34)10-6-22)11-7-24(32(35)41)20-39-13-15-43-16-14-39/h5-10,12,18,21,26,28H,4,11,13-17,19-20H2,1-3H3,(H2,35,41)(H,36,42)(H,37,40)/t26-,28-/m0/s1. The maximum Gasteiger partial charge on any atom is 0.245 e. The van der Waals surface area contributed by atoms with E-state index in [1.54, 1.807) is 25.1 Å². The molecular weight excluding hydrogens is 581 g/mol. The van der Waals surface area contributed by atoms with Crippen molar-refractivity contribution in [3.8, 4) is 0 Å². The van der Waals surface area contributed by atoms with Crippen LogP contribution in [0.2, 0.25) is 0 Å². The van der Waals surface area contributed by atoms with Gasteiger partial charge in [0.15, 0.2) is 0 Å². The van der Waals surface area contributed by atoms with Crippen LogP contribution >= 0.6 is 11.3 Å². The van der Waals surface area contributed by atoms with E-state index < -0.39 is 18.0 Å². The normalized spacial score (nSPS) is 15.7. The SMILES string of the molecule is CCC(=O)N[C@@H](Cc1nc2ccc(C(C)C)cc2s1)C(=O)N[C@@H](CC=C(CN1CCOCC1)C(N)=O)Cc1ccc(F)cc1. The molecule has 2 aromatic carbocycles. The molecule has 0 radical (unpaired) electrons. The lowest BCUT2D eigenvalue weighted by Crippen LogP contribution is -2.51. The van der Waals surface area contributed by atoms with Crippen LogP contribution in [0.1, 0.15) is 55.7 Å². The molecule has 0 spiro atoms. The average molecular weight is 624 g/mol. The first-order valence-corrected chi connectivity index (χ1v) is 15.9. The van der Waals surface area contributed by atoms with Crippen molar-refractivity contribution in [1.29, 1.82) is 0 Å². The summed E-state index contributed by atoms with van der Waals surface area (Å²) in [6, 6.07) is 11.0. The van der Waals surface area contributed by atoms with Crippen molar-refractivity contribution in [3.63, 3.8) is 0 Å². The van der Waals surface area contributed by atoms with E-state index in [0.717, 1.165) is 20.8 Å². The topological polar surface area (TPSA) is 127 Å². The summed E-state index contributed by atoms with van der Waals surface area (Å²) < 4.78 is 20.1. The van der Waals surface area contributed by atoms with Gasteiger partial charge in [-0.15, -0.1) is 11.3 Å². The Hall–Kier alpha value is -3.67. The summed E-state index contributed by atoms with van der Waals surface area (Å²) in [5, 5.41) is 6.69. The monoisotopic (exact) mass is 623 g/mol. The summed E-state index contributed by atoms with van der Waals surface area (Å²) >= 11 is 1.51. The first kappa shape index (κ1) is 33.2. The van der Waals surface area contributed by atoms with E-state index in [4.69, 9.17) is 15.5 Å². The number of thiazole rings is 1. The lowest BCUT2D eigenvalue weighted by Gasteiger charge is -2.27.